The summed E-state index contributed by atoms with van der Waals surface area (Å²) in [5.74, 6) is -0.905. The molecule has 1 aliphatic heterocycles. The monoisotopic (exact) mass is 484 g/mol. The van der Waals surface area contributed by atoms with E-state index < -0.39 is 23.8 Å². The molecule has 184 valence electrons. The zero-order valence-electron chi connectivity index (χ0n) is 19.3. The van der Waals surface area contributed by atoms with Gasteiger partial charge in [-0.3, -0.25) is 0 Å². The van der Waals surface area contributed by atoms with Crippen LogP contribution in [0.5, 0.6) is 0 Å². The lowest BCUT2D eigenvalue weighted by molar-refractivity contribution is 0.146. The summed E-state index contributed by atoms with van der Waals surface area (Å²) in [5, 5.41) is 15.3. The van der Waals surface area contributed by atoms with Gasteiger partial charge in [-0.05, 0) is 38.0 Å². The maximum Gasteiger partial charge on any atom is 0.317 e. The zero-order valence-corrected chi connectivity index (χ0v) is 19.3. The molecule has 2 aromatic carbocycles. The highest BCUT2D eigenvalue weighted by Crippen LogP contribution is 2.32. The zero-order chi connectivity index (χ0) is 24.5. The van der Waals surface area contributed by atoms with Gasteiger partial charge in [-0.15, -0.1) is 0 Å². The summed E-state index contributed by atoms with van der Waals surface area (Å²) in [6.45, 7) is 4.38. The highest BCUT2D eigenvalue weighted by atomic mass is 19.3. The van der Waals surface area contributed by atoms with Crippen LogP contribution in [-0.4, -0.2) is 53.3 Å². The minimum absolute atomic E-state index is 0.00422. The van der Waals surface area contributed by atoms with Crippen LogP contribution in [0.1, 0.15) is 43.4 Å². The van der Waals surface area contributed by atoms with Crippen LogP contribution in [0, 0.1) is 5.82 Å². The van der Waals surface area contributed by atoms with Crippen LogP contribution in [0.3, 0.4) is 0 Å². The van der Waals surface area contributed by atoms with E-state index in [1.807, 2.05) is 23.1 Å². The minimum Gasteiger partial charge on any atom is -0.377 e. The maximum absolute atomic E-state index is 14.7. The molecule has 2 aliphatic rings. The van der Waals surface area contributed by atoms with E-state index in [1.165, 1.54) is 12.1 Å². The first-order chi connectivity index (χ1) is 16.9. The number of carbonyl (C=O) groups is 1. The van der Waals surface area contributed by atoms with Gasteiger partial charge in [0, 0.05) is 48.9 Å². The number of hydrogen-bond donors (Lipinski definition) is 2. The van der Waals surface area contributed by atoms with Crippen molar-refractivity contribution in [1.82, 2.24) is 20.4 Å². The van der Waals surface area contributed by atoms with Crippen molar-refractivity contribution in [3.8, 4) is 0 Å². The SMILES string of the molecule is C[C@@H](Nc1cnnc2ccc(N3CCN(C(=O)NC4CC4)CC3)cc12)c1cccc(C(F)F)c1F. The van der Waals surface area contributed by atoms with E-state index in [0.717, 1.165) is 30.0 Å². The molecule has 1 atom stereocenters. The van der Waals surface area contributed by atoms with Crippen LogP contribution < -0.4 is 15.5 Å². The van der Waals surface area contributed by atoms with Gasteiger partial charge in [-0.1, -0.05) is 18.2 Å². The molecular formula is C25H27F3N6O. The number of hydrogen-bond acceptors (Lipinski definition) is 5. The molecular weight excluding hydrogens is 457 g/mol. The lowest BCUT2D eigenvalue weighted by atomic mass is 10.0. The minimum atomic E-state index is -2.88. The van der Waals surface area contributed by atoms with Gasteiger partial charge in [0.2, 0.25) is 0 Å². The maximum atomic E-state index is 14.7. The van der Waals surface area contributed by atoms with Crippen LogP contribution in [-0.2, 0) is 0 Å². The van der Waals surface area contributed by atoms with Crippen molar-refractivity contribution < 1.29 is 18.0 Å². The van der Waals surface area contributed by atoms with Gasteiger partial charge in [0.25, 0.3) is 6.43 Å². The summed E-state index contributed by atoms with van der Waals surface area (Å²) in [6.07, 6.45) is 0.793. The van der Waals surface area contributed by atoms with Crippen molar-refractivity contribution in [3.05, 3.63) is 59.5 Å². The summed E-state index contributed by atoms with van der Waals surface area (Å²) in [6, 6.07) is 9.63. The Labute approximate surface area is 201 Å². The quantitative estimate of drug-likeness (QED) is 0.522. The number of anilines is 2. The number of nitrogens with one attached hydrogen (secondary N) is 2. The summed E-state index contributed by atoms with van der Waals surface area (Å²) in [7, 11) is 0. The number of rotatable bonds is 6. The summed E-state index contributed by atoms with van der Waals surface area (Å²) in [5.41, 5.74) is 1.82. The first-order valence-electron chi connectivity index (χ1n) is 11.8. The summed E-state index contributed by atoms with van der Waals surface area (Å²) >= 11 is 0. The number of halogens is 3. The molecule has 2 amide bonds. The Bertz CT molecular complexity index is 1230. The van der Waals surface area contributed by atoms with Gasteiger partial charge < -0.3 is 20.4 Å². The van der Waals surface area contributed by atoms with Crippen molar-refractivity contribution >= 4 is 28.3 Å². The Hall–Kier alpha value is -3.56. The molecule has 3 aromatic rings. The second kappa shape index (κ2) is 9.59. The number of benzene rings is 2. The molecule has 10 heteroatoms. The average molecular weight is 485 g/mol. The topological polar surface area (TPSA) is 73.4 Å². The molecule has 1 aromatic heterocycles. The second-order valence-electron chi connectivity index (χ2n) is 9.07. The normalized spacial score (nSPS) is 17.1. The van der Waals surface area contributed by atoms with Crippen molar-refractivity contribution in [1.29, 1.82) is 0 Å². The molecule has 2 heterocycles. The molecule has 2 fully saturated rings. The smallest absolute Gasteiger partial charge is 0.317 e. The number of amides is 2. The Kier molecular flexibility index (Phi) is 6.36. The molecule has 0 unspecified atom stereocenters. The van der Waals surface area contributed by atoms with E-state index >= 15 is 0 Å². The van der Waals surface area contributed by atoms with E-state index in [0.29, 0.717) is 43.4 Å². The van der Waals surface area contributed by atoms with Gasteiger partial charge in [-0.25, -0.2) is 18.0 Å². The highest BCUT2D eigenvalue weighted by Gasteiger charge is 2.28. The van der Waals surface area contributed by atoms with Gasteiger partial charge in [-0.2, -0.15) is 10.2 Å². The Balaban J connectivity index is 1.33. The highest BCUT2D eigenvalue weighted by molar-refractivity contribution is 5.93. The largest absolute Gasteiger partial charge is 0.377 e. The Morgan fingerprint density at radius 3 is 2.54 bits per heavy atom. The van der Waals surface area contributed by atoms with Gasteiger partial charge in [0.15, 0.2) is 0 Å². The van der Waals surface area contributed by atoms with E-state index in [9.17, 15) is 18.0 Å². The van der Waals surface area contributed by atoms with Crippen LogP contribution in [0.15, 0.2) is 42.6 Å². The number of piperazine rings is 1. The molecule has 1 aliphatic carbocycles. The lowest BCUT2D eigenvalue weighted by Crippen LogP contribution is -2.52. The number of nitrogens with zero attached hydrogens (tertiary/aromatic N) is 4. The molecule has 1 saturated heterocycles. The Morgan fingerprint density at radius 1 is 1.09 bits per heavy atom. The standard InChI is InChI=1S/C25H27F3N6O/c1-15(18-3-2-4-19(23(18)26)24(27)28)30-22-14-29-32-21-8-7-17(13-20(21)22)33-9-11-34(12-10-33)25(35)31-16-5-6-16/h2-4,7-8,13-16,24H,5-6,9-12H2,1H3,(H,30,32)(H,31,35)/t15-/m1/s1. The third-order valence-corrected chi connectivity index (χ3v) is 6.59. The van der Waals surface area contributed by atoms with Gasteiger partial charge >= 0.3 is 6.03 Å². The predicted octanol–water partition coefficient (Wildman–Crippen LogP) is 4.87. The molecule has 0 bridgehead atoms. The number of aromatic nitrogens is 2. The Morgan fingerprint density at radius 2 is 1.83 bits per heavy atom. The third-order valence-electron chi connectivity index (χ3n) is 6.59. The molecule has 5 rings (SSSR count). The van der Waals surface area contributed by atoms with Crippen LogP contribution in [0.2, 0.25) is 0 Å². The molecule has 2 N–H and O–H groups in total. The average Bonchev–Trinajstić information content (AvgIpc) is 3.68. The fourth-order valence-electron chi connectivity index (χ4n) is 4.40. The van der Waals surface area contributed by atoms with E-state index in [-0.39, 0.29) is 11.6 Å². The first kappa shape index (κ1) is 23.2. The number of urea groups is 1. The van der Waals surface area contributed by atoms with Crippen molar-refractivity contribution in [3.63, 3.8) is 0 Å². The van der Waals surface area contributed by atoms with Crippen molar-refractivity contribution in [2.75, 3.05) is 36.4 Å². The van der Waals surface area contributed by atoms with E-state index in [1.54, 1.807) is 13.1 Å². The van der Waals surface area contributed by atoms with Crippen molar-refractivity contribution in [2.24, 2.45) is 0 Å². The number of fused-ring (bicyclic) bond motifs is 1. The molecule has 7 nitrogen and oxygen atoms in total. The van der Waals surface area contributed by atoms with Crippen LogP contribution in [0.25, 0.3) is 10.9 Å². The fraction of sp³-hybridized carbons (Fsp3) is 0.400. The molecule has 35 heavy (non-hydrogen) atoms. The summed E-state index contributed by atoms with van der Waals surface area (Å²) < 4.78 is 41.0. The first-order valence-corrected chi connectivity index (χ1v) is 11.8. The van der Waals surface area contributed by atoms with Gasteiger partial charge in [0.05, 0.1) is 29.0 Å². The third kappa shape index (κ3) is 4.96. The molecule has 1 saturated carbocycles. The molecule has 0 spiro atoms. The van der Waals surface area contributed by atoms with E-state index in [4.69, 9.17) is 0 Å². The predicted molar refractivity (Wildman–Crippen MR) is 128 cm³/mol. The van der Waals surface area contributed by atoms with Crippen molar-refractivity contribution in [2.45, 2.75) is 38.3 Å². The fourth-order valence-corrected chi connectivity index (χ4v) is 4.40. The lowest BCUT2D eigenvalue weighted by Gasteiger charge is -2.36. The van der Waals surface area contributed by atoms with Crippen LogP contribution >= 0.6 is 0 Å². The second-order valence-corrected chi connectivity index (χ2v) is 9.07. The number of carbonyl (C=O) groups excluding carboxylic acids is 1. The van der Waals surface area contributed by atoms with Crippen LogP contribution in [0.4, 0.5) is 29.3 Å². The molecule has 0 radical (unpaired) electrons. The van der Waals surface area contributed by atoms with Gasteiger partial charge in [0.1, 0.15) is 5.82 Å². The number of alkyl halides is 2. The summed E-state index contributed by atoms with van der Waals surface area (Å²) in [4.78, 5) is 16.4. The van der Waals surface area contributed by atoms with E-state index in [2.05, 4.69) is 25.7 Å².